The zero-order valence-electron chi connectivity index (χ0n) is 12.0. The highest BCUT2D eigenvalue weighted by atomic mass is 35.5. The molecule has 3 nitrogen and oxygen atoms in total. The molecule has 1 N–H and O–H groups in total. The van der Waals surface area contributed by atoms with Crippen molar-refractivity contribution in [3.8, 4) is 0 Å². The summed E-state index contributed by atoms with van der Waals surface area (Å²) in [5.41, 5.74) is 1.14. The van der Waals surface area contributed by atoms with Crippen molar-refractivity contribution >= 4 is 11.6 Å². The Bertz CT molecular complexity index is 539. The third kappa shape index (κ3) is 4.37. The van der Waals surface area contributed by atoms with E-state index in [2.05, 4.69) is 30.3 Å². The zero-order valence-corrected chi connectivity index (χ0v) is 12.8. The summed E-state index contributed by atoms with van der Waals surface area (Å²) in [5, 5.41) is 4.07. The zero-order chi connectivity index (χ0) is 14.4. The molecule has 0 atom stereocenters. The summed E-state index contributed by atoms with van der Waals surface area (Å²) >= 11 is 6.17. The van der Waals surface area contributed by atoms with Crippen molar-refractivity contribution in [2.24, 2.45) is 0 Å². The highest BCUT2D eigenvalue weighted by Crippen LogP contribution is 2.18. The van der Waals surface area contributed by atoms with Crippen LogP contribution in [0.4, 0.5) is 0 Å². The summed E-state index contributed by atoms with van der Waals surface area (Å²) in [4.78, 5) is 2.19. The van der Waals surface area contributed by atoms with Gasteiger partial charge in [-0.2, -0.15) is 0 Å². The lowest BCUT2D eigenvalue weighted by molar-refractivity contribution is 0.283. The molecule has 2 rings (SSSR count). The maximum Gasteiger partial charge on any atom is 0.118 e. The average molecular weight is 293 g/mol. The van der Waals surface area contributed by atoms with Crippen LogP contribution in [0.2, 0.25) is 5.02 Å². The Hall–Kier alpha value is -1.29. The first-order valence-electron chi connectivity index (χ1n) is 6.89. The van der Waals surface area contributed by atoms with Gasteiger partial charge in [-0.15, -0.1) is 0 Å². The van der Waals surface area contributed by atoms with E-state index in [1.54, 1.807) is 0 Å². The van der Waals surface area contributed by atoms with Crippen molar-refractivity contribution in [2.45, 2.75) is 26.6 Å². The molecule has 20 heavy (non-hydrogen) atoms. The Morgan fingerprint density at radius 1 is 1.10 bits per heavy atom. The van der Waals surface area contributed by atoms with Crippen LogP contribution in [0.15, 0.2) is 40.8 Å². The van der Waals surface area contributed by atoms with E-state index in [0.717, 1.165) is 48.3 Å². The summed E-state index contributed by atoms with van der Waals surface area (Å²) in [6.07, 6.45) is 0. The summed E-state index contributed by atoms with van der Waals surface area (Å²) < 4.78 is 5.79. The molecule has 0 amide bonds. The molecular weight excluding hydrogens is 272 g/mol. The summed E-state index contributed by atoms with van der Waals surface area (Å²) in [7, 11) is 2.07. The second-order valence-corrected chi connectivity index (χ2v) is 5.32. The molecule has 0 saturated carbocycles. The number of nitrogens with one attached hydrogen (secondary N) is 1. The molecule has 0 aliphatic heterocycles. The summed E-state index contributed by atoms with van der Waals surface area (Å²) in [5.74, 6) is 1.96. The molecule has 0 bridgehead atoms. The van der Waals surface area contributed by atoms with Gasteiger partial charge in [0.25, 0.3) is 0 Å². The second kappa shape index (κ2) is 7.48. The van der Waals surface area contributed by atoms with Gasteiger partial charge in [-0.25, -0.2) is 0 Å². The lowest BCUT2D eigenvalue weighted by Crippen LogP contribution is -2.17. The molecule has 0 aliphatic rings. The molecule has 4 heteroatoms. The van der Waals surface area contributed by atoms with Crippen LogP contribution in [0, 0.1) is 0 Å². The first-order chi connectivity index (χ1) is 9.69. The molecule has 1 heterocycles. The van der Waals surface area contributed by atoms with Gasteiger partial charge in [0, 0.05) is 11.6 Å². The number of hydrogen-bond donors (Lipinski definition) is 1. The van der Waals surface area contributed by atoms with Gasteiger partial charge >= 0.3 is 0 Å². The highest BCUT2D eigenvalue weighted by molar-refractivity contribution is 6.31. The maximum absolute atomic E-state index is 6.17. The normalized spacial score (nSPS) is 11.2. The minimum Gasteiger partial charge on any atom is -0.463 e. The molecule has 1 aromatic heterocycles. The van der Waals surface area contributed by atoms with Crippen LogP contribution in [0.25, 0.3) is 0 Å². The fraction of sp³-hybridized carbons (Fsp3) is 0.375. The summed E-state index contributed by atoms with van der Waals surface area (Å²) in [6, 6.07) is 12.0. The van der Waals surface area contributed by atoms with E-state index < -0.39 is 0 Å². The van der Waals surface area contributed by atoms with Gasteiger partial charge in [-0.1, -0.05) is 36.7 Å². The van der Waals surface area contributed by atoms with E-state index in [1.807, 2.05) is 30.3 Å². The molecule has 0 spiro atoms. The Balaban J connectivity index is 1.89. The van der Waals surface area contributed by atoms with Gasteiger partial charge < -0.3 is 9.73 Å². The van der Waals surface area contributed by atoms with Crippen LogP contribution in [0.1, 0.15) is 24.0 Å². The van der Waals surface area contributed by atoms with Crippen LogP contribution in [-0.2, 0) is 19.6 Å². The monoisotopic (exact) mass is 292 g/mol. The fourth-order valence-electron chi connectivity index (χ4n) is 2.09. The van der Waals surface area contributed by atoms with E-state index in [0.29, 0.717) is 0 Å². The average Bonchev–Trinajstić information content (AvgIpc) is 2.86. The molecule has 0 radical (unpaired) electrons. The van der Waals surface area contributed by atoms with Crippen molar-refractivity contribution in [1.29, 1.82) is 0 Å². The number of furan rings is 1. The van der Waals surface area contributed by atoms with Crippen molar-refractivity contribution in [1.82, 2.24) is 10.2 Å². The highest BCUT2D eigenvalue weighted by Gasteiger charge is 2.07. The van der Waals surface area contributed by atoms with Gasteiger partial charge in [-0.3, -0.25) is 4.90 Å². The van der Waals surface area contributed by atoms with Gasteiger partial charge in [0.2, 0.25) is 0 Å². The van der Waals surface area contributed by atoms with Crippen LogP contribution in [0.5, 0.6) is 0 Å². The Morgan fingerprint density at radius 2 is 1.85 bits per heavy atom. The van der Waals surface area contributed by atoms with Gasteiger partial charge in [0.1, 0.15) is 11.5 Å². The summed E-state index contributed by atoms with van der Waals surface area (Å²) in [6.45, 7) is 5.40. The number of benzene rings is 1. The number of halogens is 1. The Labute approximate surface area is 125 Å². The van der Waals surface area contributed by atoms with E-state index >= 15 is 0 Å². The first kappa shape index (κ1) is 15.1. The van der Waals surface area contributed by atoms with Gasteiger partial charge in [0.05, 0.1) is 13.1 Å². The molecule has 0 unspecified atom stereocenters. The quantitative estimate of drug-likeness (QED) is 0.844. The molecule has 0 fully saturated rings. The standard InChI is InChI=1S/C16H21ClN2O/c1-3-18-10-14-8-9-15(20-14)12-19(2)11-13-6-4-5-7-16(13)17/h4-9,18H,3,10-12H2,1-2H3. The van der Waals surface area contributed by atoms with E-state index in [9.17, 15) is 0 Å². The molecule has 2 aromatic rings. The molecule has 108 valence electrons. The van der Waals surface area contributed by atoms with Gasteiger partial charge in [0.15, 0.2) is 0 Å². The van der Waals surface area contributed by atoms with Crippen LogP contribution >= 0.6 is 11.6 Å². The topological polar surface area (TPSA) is 28.4 Å². The Kier molecular flexibility index (Phi) is 5.65. The third-order valence-electron chi connectivity index (χ3n) is 3.09. The lowest BCUT2D eigenvalue weighted by atomic mass is 10.2. The third-order valence-corrected chi connectivity index (χ3v) is 3.46. The second-order valence-electron chi connectivity index (χ2n) is 4.91. The van der Waals surface area contributed by atoms with Crippen molar-refractivity contribution in [3.05, 3.63) is 58.5 Å². The maximum atomic E-state index is 6.17. The number of hydrogen-bond acceptors (Lipinski definition) is 3. The smallest absolute Gasteiger partial charge is 0.118 e. The largest absolute Gasteiger partial charge is 0.463 e. The van der Waals surface area contributed by atoms with Crippen molar-refractivity contribution < 1.29 is 4.42 Å². The Morgan fingerprint density at radius 3 is 2.60 bits per heavy atom. The predicted molar refractivity (Wildman–Crippen MR) is 82.7 cm³/mol. The molecule has 0 aliphatic carbocycles. The molecular formula is C16H21ClN2O. The van der Waals surface area contributed by atoms with E-state index in [4.69, 9.17) is 16.0 Å². The van der Waals surface area contributed by atoms with Crippen molar-refractivity contribution in [3.63, 3.8) is 0 Å². The van der Waals surface area contributed by atoms with E-state index in [-0.39, 0.29) is 0 Å². The van der Waals surface area contributed by atoms with Crippen LogP contribution in [0.3, 0.4) is 0 Å². The van der Waals surface area contributed by atoms with Gasteiger partial charge in [-0.05, 0) is 37.4 Å². The SMILES string of the molecule is CCNCc1ccc(CN(C)Cc2ccccc2Cl)o1. The fourth-order valence-corrected chi connectivity index (χ4v) is 2.29. The van der Waals surface area contributed by atoms with Crippen LogP contribution in [-0.4, -0.2) is 18.5 Å². The predicted octanol–water partition coefficient (Wildman–Crippen LogP) is 3.67. The van der Waals surface area contributed by atoms with Crippen LogP contribution < -0.4 is 5.32 Å². The lowest BCUT2D eigenvalue weighted by Gasteiger charge is -2.16. The van der Waals surface area contributed by atoms with E-state index in [1.165, 1.54) is 0 Å². The van der Waals surface area contributed by atoms with Crippen molar-refractivity contribution in [2.75, 3.05) is 13.6 Å². The minimum absolute atomic E-state index is 0.775. The number of nitrogens with zero attached hydrogens (tertiary/aromatic N) is 1. The number of rotatable bonds is 7. The molecule has 0 saturated heterocycles. The molecule has 1 aromatic carbocycles. The minimum atomic E-state index is 0.775. The first-order valence-corrected chi connectivity index (χ1v) is 7.27.